The fraction of sp³-hybridized carbons (Fsp3) is 0.611. The molecule has 23 heavy (non-hydrogen) atoms. The van der Waals surface area contributed by atoms with E-state index in [0.717, 1.165) is 38.8 Å². The summed E-state index contributed by atoms with van der Waals surface area (Å²) in [5.41, 5.74) is 2.55. The maximum atomic E-state index is 5.51. The number of hydrogen-bond acceptors (Lipinski definition) is 3. The Hall–Kier alpha value is -1.59. The molecular weight excluding hydrogens is 288 g/mol. The van der Waals surface area contributed by atoms with Crippen molar-refractivity contribution in [3.05, 3.63) is 35.4 Å². The van der Waals surface area contributed by atoms with Crippen molar-refractivity contribution >= 4 is 5.96 Å². The molecule has 5 heteroatoms. The number of morpholine rings is 1. The smallest absolute Gasteiger partial charge is 0.191 e. The molecule has 1 aliphatic heterocycles. The highest BCUT2D eigenvalue weighted by atomic mass is 16.5. The number of nitrogens with zero attached hydrogens (tertiary/aromatic N) is 2. The molecule has 2 atom stereocenters. The van der Waals surface area contributed by atoms with Crippen LogP contribution in [0, 0.1) is 6.92 Å². The average molecular weight is 318 g/mol. The highest BCUT2D eigenvalue weighted by Crippen LogP contribution is 2.10. The van der Waals surface area contributed by atoms with Crippen molar-refractivity contribution in [3.63, 3.8) is 0 Å². The van der Waals surface area contributed by atoms with Gasteiger partial charge in [-0.2, -0.15) is 0 Å². The van der Waals surface area contributed by atoms with Gasteiger partial charge in [0.1, 0.15) is 0 Å². The number of rotatable bonds is 5. The van der Waals surface area contributed by atoms with E-state index >= 15 is 0 Å². The van der Waals surface area contributed by atoms with E-state index in [0.29, 0.717) is 12.1 Å². The Morgan fingerprint density at radius 2 is 2.26 bits per heavy atom. The monoisotopic (exact) mass is 318 g/mol. The first-order valence-electron chi connectivity index (χ1n) is 8.43. The van der Waals surface area contributed by atoms with Crippen LogP contribution in [0.1, 0.15) is 25.0 Å². The van der Waals surface area contributed by atoms with Gasteiger partial charge in [-0.05, 0) is 26.3 Å². The summed E-state index contributed by atoms with van der Waals surface area (Å²) in [6.07, 6.45) is 0. The molecule has 0 amide bonds. The number of ether oxygens (including phenoxy) is 1. The standard InChI is InChI=1S/C18H30N4O/c1-14-6-5-7-17(10-14)12-21-18(19-4)20-11-15(2)22-8-9-23-13-16(22)3/h5-7,10,15-16H,8-9,11-13H2,1-4H3,(H2,19,20,21). The molecule has 1 aromatic carbocycles. The number of aryl methyl sites for hydroxylation is 1. The zero-order valence-corrected chi connectivity index (χ0v) is 14.8. The van der Waals surface area contributed by atoms with Crippen LogP contribution in [-0.4, -0.2) is 56.3 Å². The Labute approximate surface area is 140 Å². The van der Waals surface area contributed by atoms with Crippen LogP contribution in [0.25, 0.3) is 0 Å². The molecule has 0 saturated carbocycles. The van der Waals surface area contributed by atoms with Crippen molar-refractivity contribution in [2.24, 2.45) is 4.99 Å². The van der Waals surface area contributed by atoms with Gasteiger partial charge in [0.05, 0.1) is 13.2 Å². The molecule has 1 heterocycles. The van der Waals surface area contributed by atoms with Crippen molar-refractivity contribution in [2.45, 2.75) is 39.4 Å². The Bertz CT molecular complexity index is 517. The largest absolute Gasteiger partial charge is 0.379 e. The van der Waals surface area contributed by atoms with Gasteiger partial charge >= 0.3 is 0 Å². The number of aliphatic imine (C=N–C) groups is 1. The minimum absolute atomic E-state index is 0.450. The van der Waals surface area contributed by atoms with Crippen LogP contribution in [0.5, 0.6) is 0 Å². The van der Waals surface area contributed by atoms with Crippen LogP contribution >= 0.6 is 0 Å². The summed E-state index contributed by atoms with van der Waals surface area (Å²) in [5.74, 6) is 0.847. The van der Waals surface area contributed by atoms with E-state index in [1.54, 1.807) is 0 Å². The maximum Gasteiger partial charge on any atom is 0.191 e. The Balaban J connectivity index is 1.78. The lowest BCUT2D eigenvalue weighted by molar-refractivity contribution is -0.0174. The zero-order valence-electron chi connectivity index (χ0n) is 14.8. The molecule has 0 aromatic heterocycles. The van der Waals surface area contributed by atoms with Crippen molar-refractivity contribution in [3.8, 4) is 0 Å². The molecule has 1 aromatic rings. The number of guanidine groups is 1. The van der Waals surface area contributed by atoms with Crippen LogP contribution in [0.2, 0.25) is 0 Å². The van der Waals surface area contributed by atoms with E-state index < -0.39 is 0 Å². The Morgan fingerprint density at radius 3 is 2.96 bits per heavy atom. The van der Waals surface area contributed by atoms with E-state index in [2.05, 4.69) is 65.6 Å². The first kappa shape index (κ1) is 17.8. The summed E-state index contributed by atoms with van der Waals surface area (Å²) in [6.45, 7) is 10.9. The van der Waals surface area contributed by atoms with Gasteiger partial charge in [-0.1, -0.05) is 29.8 Å². The summed E-state index contributed by atoms with van der Waals surface area (Å²) in [6, 6.07) is 9.45. The van der Waals surface area contributed by atoms with E-state index in [1.807, 2.05) is 7.05 Å². The maximum absolute atomic E-state index is 5.51. The highest BCUT2D eigenvalue weighted by molar-refractivity contribution is 5.79. The SMILES string of the molecule is CN=C(NCc1cccc(C)c1)NCC(C)N1CCOCC1C. The predicted octanol–water partition coefficient (Wildman–Crippen LogP) is 1.77. The van der Waals surface area contributed by atoms with Crippen molar-refractivity contribution in [2.75, 3.05) is 33.4 Å². The van der Waals surface area contributed by atoms with Crippen LogP contribution < -0.4 is 10.6 Å². The number of benzene rings is 1. The van der Waals surface area contributed by atoms with Gasteiger partial charge in [0.25, 0.3) is 0 Å². The lowest BCUT2D eigenvalue weighted by atomic mass is 10.1. The Morgan fingerprint density at radius 1 is 1.43 bits per heavy atom. The van der Waals surface area contributed by atoms with Gasteiger partial charge in [-0.3, -0.25) is 9.89 Å². The second kappa shape index (κ2) is 8.89. The molecule has 128 valence electrons. The molecule has 2 N–H and O–H groups in total. The molecule has 5 nitrogen and oxygen atoms in total. The third-order valence-electron chi connectivity index (χ3n) is 4.32. The average Bonchev–Trinajstić information content (AvgIpc) is 2.55. The lowest BCUT2D eigenvalue weighted by Gasteiger charge is -2.38. The van der Waals surface area contributed by atoms with Gasteiger partial charge in [0, 0.05) is 38.8 Å². The molecule has 0 spiro atoms. The third kappa shape index (κ3) is 5.52. The molecular formula is C18H30N4O. The first-order chi connectivity index (χ1) is 11.1. The fourth-order valence-corrected chi connectivity index (χ4v) is 2.98. The number of nitrogens with one attached hydrogen (secondary N) is 2. The molecule has 2 rings (SSSR count). The second-order valence-electron chi connectivity index (χ2n) is 6.31. The van der Waals surface area contributed by atoms with E-state index in [-0.39, 0.29) is 0 Å². The first-order valence-corrected chi connectivity index (χ1v) is 8.43. The van der Waals surface area contributed by atoms with Crippen LogP contribution in [0.3, 0.4) is 0 Å². The van der Waals surface area contributed by atoms with E-state index in [1.165, 1.54) is 11.1 Å². The lowest BCUT2D eigenvalue weighted by Crippen LogP contribution is -2.52. The molecule has 1 aliphatic rings. The summed E-state index contributed by atoms with van der Waals surface area (Å²) in [7, 11) is 1.81. The molecule has 0 radical (unpaired) electrons. The van der Waals surface area contributed by atoms with Crippen LogP contribution in [0.4, 0.5) is 0 Å². The zero-order chi connectivity index (χ0) is 16.7. The van der Waals surface area contributed by atoms with Gasteiger partial charge < -0.3 is 15.4 Å². The van der Waals surface area contributed by atoms with Crippen molar-refractivity contribution < 1.29 is 4.74 Å². The van der Waals surface area contributed by atoms with E-state index in [4.69, 9.17) is 4.74 Å². The highest BCUT2D eigenvalue weighted by Gasteiger charge is 2.23. The summed E-state index contributed by atoms with van der Waals surface area (Å²) < 4.78 is 5.51. The van der Waals surface area contributed by atoms with Crippen molar-refractivity contribution in [1.82, 2.24) is 15.5 Å². The van der Waals surface area contributed by atoms with Gasteiger partial charge in [-0.15, -0.1) is 0 Å². The summed E-state index contributed by atoms with van der Waals surface area (Å²) >= 11 is 0. The predicted molar refractivity (Wildman–Crippen MR) is 95.8 cm³/mol. The van der Waals surface area contributed by atoms with Crippen LogP contribution in [-0.2, 0) is 11.3 Å². The minimum atomic E-state index is 0.450. The quantitative estimate of drug-likeness (QED) is 0.642. The topological polar surface area (TPSA) is 48.9 Å². The van der Waals surface area contributed by atoms with E-state index in [9.17, 15) is 0 Å². The fourth-order valence-electron chi connectivity index (χ4n) is 2.98. The summed E-state index contributed by atoms with van der Waals surface area (Å²) in [5, 5.41) is 6.81. The Kier molecular flexibility index (Phi) is 6.86. The molecule has 1 saturated heterocycles. The molecule has 0 bridgehead atoms. The number of hydrogen-bond donors (Lipinski definition) is 2. The summed E-state index contributed by atoms with van der Waals surface area (Å²) in [4.78, 5) is 6.80. The van der Waals surface area contributed by atoms with Crippen molar-refractivity contribution in [1.29, 1.82) is 0 Å². The molecule has 2 unspecified atom stereocenters. The normalized spacial score (nSPS) is 21.0. The van der Waals surface area contributed by atoms with Gasteiger partial charge in [-0.25, -0.2) is 0 Å². The minimum Gasteiger partial charge on any atom is -0.379 e. The molecule has 1 fully saturated rings. The molecule has 0 aliphatic carbocycles. The van der Waals surface area contributed by atoms with Crippen LogP contribution in [0.15, 0.2) is 29.3 Å². The second-order valence-corrected chi connectivity index (χ2v) is 6.31. The van der Waals surface area contributed by atoms with Gasteiger partial charge in [0.15, 0.2) is 5.96 Å². The third-order valence-corrected chi connectivity index (χ3v) is 4.32. The van der Waals surface area contributed by atoms with Gasteiger partial charge in [0.2, 0.25) is 0 Å².